The molecule has 0 spiro atoms. The van der Waals surface area contributed by atoms with Gasteiger partial charge < -0.3 is 9.73 Å². The zero-order valence-corrected chi connectivity index (χ0v) is 11.1. The maximum Gasteiger partial charge on any atom is 0.249 e. The first kappa shape index (κ1) is 13.1. The van der Waals surface area contributed by atoms with Crippen LogP contribution in [0.5, 0.6) is 0 Å². The zero-order valence-electron chi connectivity index (χ0n) is 10.3. The first-order valence-corrected chi connectivity index (χ1v) is 6.47. The molecule has 0 aliphatic heterocycles. The number of hydrogen-bond donors (Lipinski definition) is 1. The SMILES string of the molecule is CCCNCCc1nnc(-c2ccccc2Cl)o1. The molecule has 0 unspecified atom stereocenters. The van der Waals surface area contributed by atoms with Gasteiger partial charge in [0.2, 0.25) is 11.8 Å². The molecule has 2 rings (SSSR count). The fourth-order valence-corrected chi connectivity index (χ4v) is 1.81. The van der Waals surface area contributed by atoms with E-state index in [0.717, 1.165) is 31.5 Å². The molecule has 1 N–H and O–H groups in total. The fourth-order valence-electron chi connectivity index (χ4n) is 1.60. The van der Waals surface area contributed by atoms with Crippen molar-refractivity contribution in [2.24, 2.45) is 0 Å². The largest absolute Gasteiger partial charge is 0.421 e. The Morgan fingerprint density at radius 3 is 2.83 bits per heavy atom. The summed E-state index contributed by atoms with van der Waals surface area (Å²) in [6, 6.07) is 7.45. The minimum absolute atomic E-state index is 0.478. The maximum absolute atomic E-state index is 6.07. The van der Waals surface area contributed by atoms with Crippen LogP contribution in [0.15, 0.2) is 28.7 Å². The highest BCUT2D eigenvalue weighted by Crippen LogP contribution is 2.26. The van der Waals surface area contributed by atoms with Gasteiger partial charge in [-0.2, -0.15) is 0 Å². The normalized spacial score (nSPS) is 10.8. The van der Waals surface area contributed by atoms with Gasteiger partial charge in [-0.05, 0) is 25.1 Å². The molecule has 1 heterocycles. The standard InChI is InChI=1S/C13H16ClN3O/c1-2-8-15-9-7-12-16-17-13(18-12)10-5-3-4-6-11(10)14/h3-6,15H,2,7-9H2,1H3. The van der Waals surface area contributed by atoms with Crippen molar-refractivity contribution in [3.8, 4) is 11.5 Å². The predicted molar refractivity (Wildman–Crippen MR) is 71.6 cm³/mol. The fraction of sp³-hybridized carbons (Fsp3) is 0.385. The Bertz CT molecular complexity index is 498. The highest BCUT2D eigenvalue weighted by molar-refractivity contribution is 6.33. The van der Waals surface area contributed by atoms with Crippen LogP contribution in [0.3, 0.4) is 0 Å². The molecule has 0 aliphatic carbocycles. The summed E-state index contributed by atoms with van der Waals surface area (Å²) in [4.78, 5) is 0. The van der Waals surface area contributed by atoms with Crippen molar-refractivity contribution in [1.29, 1.82) is 0 Å². The van der Waals surface area contributed by atoms with Crippen LogP contribution < -0.4 is 5.32 Å². The van der Waals surface area contributed by atoms with Gasteiger partial charge in [0.25, 0.3) is 0 Å². The Morgan fingerprint density at radius 1 is 1.22 bits per heavy atom. The third kappa shape index (κ3) is 3.31. The summed E-state index contributed by atoms with van der Waals surface area (Å²) in [5.74, 6) is 1.11. The second-order valence-electron chi connectivity index (χ2n) is 3.98. The average molecular weight is 266 g/mol. The van der Waals surface area contributed by atoms with Crippen molar-refractivity contribution < 1.29 is 4.42 Å². The van der Waals surface area contributed by atoms with Gasteiger partial charge in [0.15, 0.2) is 0 Å². The van der Waals surface area contributed by atoms with E-state index in [0.29, 0.717) is 16.8 Å². The van der Waals surface area contributed by atoms with E-state index in [1.54, 1.807) is 0 Å². The second kappa shape index (κ2) is 6.52. The quantitative estimate of drug-likeness (QED) is 0.816. The number of hydrogen-bond acceptors (Lipinski definition) is 4. The lowest BCUT2D eigenvalue weighted by molar-refractivity contribution is 0.494. The van der Waals surface area contributed by atoms with E-state index < -0.39 is 0 Å². The molecule has 5 heteroatoms. The number of nitrogens with one attached hydrogen (secondary N) is 1. The van der Waals surface area contributed by atoms with Crippen LogP contribution >= 0.6 is 11.6 Å². The van der Waals surface area contributed by atoms with Crippen LogP contribution in [0.1, 0.15) is 19.2 Å². The highest BCUT2D eigenvalue weighted by Gasteiger charge is 2.10. The Kier molecular flexibility index (Phi) is 4.73. The van der Waals surface area contributed by atoms with Gasteiger partial charge in [0, 0.05) is 13.0 Å². The maximum atomic E-state index is 6.07. The minimum Gasteiger partial charge on any atom is -0.421 e. The van der Waals surface area contributed by atoms with Crippen LogP contribution in [0, 0.1) is 0 Å². The summed E-state index contributed by atoms with van der Waals surface area (Å²) in [7, 11) is 0. The first-order chi connectivity index (χ1) is 8.81. The van der Waals surface area contributed by atoms with E-state index >= 15 is 0 Å². The first-order valence-electron chi connectivity index (χ1n) is 6.09. The molecule has 1 aromatic carbocycles. The number of benzene rings is 1. The van der Waals surface area contributed by atoms with Gasteiger partial charge in [0.05, 0.1) is 10.6 Å². The second-order valence-corrected chi connectivity index (χ2v) is 4.39. The highest BCUT2D eigenvalue weighted by atomic mass is 35.5. The Hall–Kier alpha value is -1.39. The van der Waals surface area contributed by atoms with Crippen LogP contribution in [0.2, 0.25) is 5.02 Å². The molecule has 0 saturated heterocycles. The summed E-state index contributed by atoms with van der Waals surface area (Å²) in [6.45, 7) is 3.98. The van der Waals surface area contributed by atoms with Gasteiger partial charge in [0.1, 0.15) is 0 Å². The number of rotatable bonds is 6. The van der Waals surface area contributed by atoms with Crippen molar-refractivity contribution >= 4 is 11.6 Å². The minimum atomic E-state index is 0.478. The number of halogens is 1. The Balaban J connectivity index is 2.00. The van der Waals surface area contributed by atoms with Gasteiger partial charge in [-0.25, -0.2) is 0 Å². The Morgan fingerprint density at radius 2 is 2.06 bits per heavy atom. The lowest BCUT2D eigenvalue weighted by Gasteiger charge is -1.99. The smallest absolute Gasteiger partial charge is 0.249 e. The van der Waals surface area contributed by atoms with Gasteiger partial charge >= 0.3 is 0 Å². The van der Waals surface area contributed by atoms with Crippen molar-refractivity contribution in [2.45, 2.75) is 19.8 Å². The molecule has 0 amide bonds. The molecule has 2 aromatic rings. The summed E-state index contributed by atoms with van der Waals surface area (Å²) < 4.78 is 5.58. The average Bonchev–Trinajstić information content (AvgIpc) is 2.84. The van der Waals surface area contributed by atoms with Crippen LogP contribution in [-0.2, 0) is 6.42 Å². The van der Waals surface area contributed by atoms with E-state index in [-0.39, 0.29) is 0 Å². The summed E-state index contributed by atoms with van der Waals surface area (Å²) >= 11 is 6.07. The molecular weight excluding hydrogens is 250 g/mol. The monoisotopic (exact) mass is 265 g/mol. The Labute approximate surface area is 111 Å². The number of aromatic nitrogens is 2. The van der Waals surface area contributed by atoms with Crippen molar-refractivity contribution in [2.75, 3.05) is 13.1 Å². The third-order valence-corrected chi connectivity index (χ3v) is 2.84. The van der Waals surface area contributed by atoms with Crippen molar-refractivity contribution in [3.63, 3.8) is 0 Å². The lowest BCUT2D eigenvalue weighted by atomic mass is 10.2. The molecule has 0 aliphatic rings. The molecule has 0 fully saturated rings. The predicted octanol–water partition coefficient (Wildman–Crippen LogP) is 2.93. The van der Waals surface area contributed by atoms with Crippen molar-refractivity contribution in [3.05, 3.63) is 35.2 Å². The van der Waals surface area contributed by atoms with Gasteiger partial charge in [-0.15, -0.1) is 10.2 Å². The van der Waals surface area contributed by atoms with E-state index in [1.807, 2.05) is 24.3 Å². The topological polar surface area (TPSA) is 51.0 Å². The molecular formula is C13H16ClN3O. The van der Waals surface area contributed by atoms with Crippen LogP contribution in [0.4, 0.5) is 0 Å². The molecule has 0 saturated carbocycles. The van der Waals surface area contributed by atoms with Gasteiger partial charge in [-0.3, -0.25) is 0 Å². The van der Waals surface area contributed by atoms with Crippen LogP contribution in [0.25, 0.3) is 11.5 Å². The molecule has 0 bridgehead atoms. The van der Waals surface area contributed by atoms with Crippen molar-refractivity contribution in [1.82, 2.24) is 15.5 Å². The zero-order chi connectivity index (χ0) is 12.8. The van der Waals surface area contributed by atoms with E-state index in [1.165, 1.54) is 0 Å². The molecule has 18 heavy (non-hydrogen) atoms. The van der Waals surface area contributed by atoms with Gasteiger partial charge in [-0.1, -0.05) is 30.7 Å². The molecule has 4 nitrogen and oxygen atoms in total. The third-order valence-electron chi connectivity index (χ3n) is 2.51. The number of nitrogens with zero attached hydrogens (tertiary/aromatic N) is 2. The molecule has 96 valence electrons. The lowest BCUT2D eigenvalue weighted by Crippen LogP contribution is -2.17. The van der Waals surface area contributed by atoms with E-state index in [4.69, 9.17) is 16.0 Å². The van der Waals surface area contributed by atoms with E-state index in [2.05, 4.69) is 22.4 Å². The summed E-state index contributed by atoms with van der Waals surface area (Å²) in [6.07, 6.45) is 1.85. The molecule has 0 atom stereocenters. The van der Waals surface area contributed by atoms with E-state index in [9.17, 15) is 0 Å². The summed E-state index contributed by atoms with van der Waals surface area (Å²) in [5.41, 5.74) is 0.777. The summed E-state index contributed by atoms with van der Waals surface area (Å²) in [5, 5.41) is 11.9. The van der Waals surface area contributed by atoms with Crippen LogP contribution in [-0.4, -0.2) is 23.3 Å². The molecule has 1 aromatic heterocycles. The molecule has 0 radical (unpaired) electrons.